The molecule has 1 saturated carbocycles. The van der Waals surface area contributed by atoms with E-state index in [1.807, 2.05) is 18.7 Å². The lowest BCUT2D eigenvalue weighted by atomic mass is 9.88. The Morgan fingerprint density at radius 2 is 1.84 bits per heavy atom. The average Bonchev–Trinajstić information content (AvgIpc) is 2.43. The van der Waals surface area contributed by atoms with Crippen molar-refractivity contribution in [3.63, 3.8) is 0 Å². The van der Waals surface area contributed by atoms with Crippen LogP contribution < -0.4 is 10.6 Å². The summed E-state index contributed by atoms with van der Waals surface area (Å²) in [5.74, 6) is 0.632. The van der Waals surface area contributed by atoms with Gasteiger partial charge in [0.1, 0.15) is 0 Å². The molecule has 19 heavy (non-hydrogen) atoms. The smallest absolute Gasteiger partial charge is 0.236 e. The Bertz CT molecular complexity index is 275. The van der Waals surface area contributed by atoms with Crippen LogP contribution >= 0.6 is 11.8 Å². The van der Waals surface area contributed by atoms with Gasteiger partial charge < -0.3 is 10.6 Å². The zero-order valence-corrected chi connectivity index (χ0v) is 13.7. The Morgan fingerprint density at radius 3 is 2.37 bits per heavy atom. The van der Waals surface area contributed by atoms with Crippen LogP contribution in [0.5, 0.6) is 0 Å². The second-order valence-corrected chi connectivity index (χ2v) is 7.46. The zero-order chi connectivity index (χ0) is 14.3. The predicted octanol–water partition coefficient (Wildman–Crippen LogP) is 2.80. The topological polar surface area (TPSA) is 41.1 Å². The van der Waals surface area contributed by atoms with E-state index in [1.165, 1.54) is 32.1 Å². The summed E-state index contributed by atoms with van der Waals surface area (Å²) in [6, 6.07) is -0.0929. The second-order valence-electron chi connectivity index (χ2n) is 6.19. The van der Waals surface area contributed by atoms with Crippen molar-refractivity contribution in [2.45, 2.75) is 63.7 Å². The molecule has 0 heterocycles. The fraction of sp³-hybridized carbons (Fsp3) is 0.933. The van der Waals surface area contributed by atoms with Crippen LogP contribution in [0, 0.1) is 5.92 Å². The minimum atomic E-state index is -0.0929. The molecule has 2 N–H and O–H groups in total. The molecular weight excluding hydrogens is 256 g/mol. The van der Waals surface area contributed by atoms with Crippen molar-refractivity contribution in [1.29, 1.82) is 0 Å². The van der Waals surface area contributed by atoms with Gasteiger partial charge in [-0.15, -0.1) is 0 Å². The lowest BCUT2D eigenvalue weighted by Crippen LogP contribution is -2.48. The number of thioether (sulfide) groups is 1. The van der Waals surface area contributed by atoms with Crippen LogP contribution in [0.4, 0.5) is 0 Å². The average molecular weight is 286 g/mol. The van der Waals surface area contributed by atoms with Crippen LogP contribution in [-0.4, -0.2) is 36.0 Å². The summed E-state index contributed by atoms with van der Waals surface area (Å²) < 4.78 is 0.352. The summed E-state index contributed by atoms with van der Waals surface area (Å²) in [6.45, 7) is 7.90. The molecule has 0 spiro atoms. The van der Waals surface area contributed by atoms with Gasteiger partial charge in [-0.1, -0.05) is 33.1 Å². The van der Waals surface area contributed by atoms with E-state index in [9.17, 15) is 4.79 Å². The highest BCUT2D eigenvalue weighted by atomic mass is 32.2. The van der Waals surface area contributed by atoms with Gasteiger partial charge in [-0.2, -0.15) is 11.8 Å². The highest BCUT2D eigenvalue weighted by molar-refractivity contribution is 8.00. The number of nitrogens with one attached hydrogen (secondary N) is 2. The van der Waals surface area contributed by atoms with E-state index in [0.29, 0.717) is 10.7 Å². The number of rotatable bonds is 7. The van der Waals surface area contributed by atoms with Gasteiger partial charge >= 0.3 is 0 Å². The van der Waals surface area contributed by atoms with Gasteiger partial charge in [0.2, 0.25) is 5.91 Å². The molecule has 0 radical (unpaired) electrons. The van der Waals surface area contributed by atoms with E-state index in [-0.39, 0.29) is 11.9 Å². The third kappa shape index (κ3) is 5.74. The number of carbonyl (C=O) groups is 1. The molecule has 0 aromatic carbocycles. The van der Waals surface area contributed by atoms with Gasteiger partial charge in [0.15, 0.2) is 0 Å². The molecular formula is C15H30N2OS. The SMILES string of the molecule is CSC1(CNC(C)C(=O)NCC(C)C)CCCCC1. The van der Waals surface area contributed by atoms with Crippen molar-refractivity contribution in [2.75, 3.05) is 19.3 Å². The molecule has 0 saturated heterocycles. The summed E-state index contributed by atoms with van der Waals surface area (Å²) in [5, 5.41) is 6.43. The Balaban J connectivity index is 2.35. The molecule has 1 aliphatic rings. The molecule has 1 aliphatic carbocycles. The van der Waals surface area contributed by atoms with Crippen molar-refractivity contribution in [2.24, 2.45) is 5.92 Å². The van der Waals surface area contributed by atoms with Gasteiger partial charge in [0.05, 0.1) is 6.04 Å². The predicted molar refractivity (Wildman–Crippen MR) is 84.6 cm³/mol. The Labute approximate surface area is 122 Å². The van der Waals surface area contributed by atoms with Crippen LogP contribution in [-0.2, 0) is 4.79 Å². The van der Waals surface area contributed by atoms with Crippen molar-refractivity contribution in [3.05, 3.63) is 0 Å². The molecule has 1 unspecified atom stereocenters. The fourth-order valence-corrected chi connectivity index (χ4v) is 3.46. The van der Waals surface area contributed by atoms with Gasteiger partial charge in [0, 0.05) is 17.8 Å². The number of carbonyl (C=O) groups excluding carboxylic acids is 1. The lowest BCUT2D eigenvalue weighted by Gasteiger charge is -2.36. The van der Waals surface area contributed by atoms with E-state index in [0.717, 1.165) is 13.1 Å². The van der Waals surface area contributed by atoms with Crippen LogP contribution in [0.1, 0.15) is 52.9 Å². The van der Waals surface area contributed by atoms with Crippen molar-refractivity contribution < 1.29 is 4.79 Å². The largest absolute Gasteiger partial charge is 0.354 e. The van der Waals surface area contributed by atoms with Crippen molar-refractivity contribution in [1.82, 2.24) is 10.6 Å². The van der Waals surface area contributed by atoms with Crippen LogP contribution in [0.25, 0.3) is 0 Å². The standard InChI is InChI=1S/C15H30N2OS/c1-12(2)10-16-14(18)13(3)17-11-15(19-4)8-6-5-7-9-15/h12-13,17H,5-11H2,1-4H3,(H,16,18). The molecule has 1 atom stereocenters. The number of amides is 1. The van der Waals surface area contributed by atoms with E-state index in [4.69, 9.17) is 0 Å². The molecule has 1 fully saturated rings. The first kappa shape index (κ1) is 16.8. The zero-order valence-electron chi connectivity index (χ0n) is 12.9. The first-order valence-corrected chi connectivity index (χ1v) is 8.78. The Kier molecular flexibility index (Phi) is 7.22. The summed E-state index contributed by atoms with van der Waals surface area (Å²) >= 11 is 1.97. The van der Waals surface area contributed by atoms with Crippen LogP contribution in [0.3, 0.4) is 0 Å². The van der Waals surface area contributed by atoms with Gasteiger partial charge in [-0.25, -0.2) is 0 Å². The minimum Gasteiger partial charge on any atom is -0.354 e. The molecule has 3 nitrogen and oxygen atoms in total. The van der Waals surface area contributed by atoms with Crippen molar-refractivity contribution in [3.8, 4) is 0 Å². The van der Waals surface area contributed by atoms with Crippen LogP contribution in [0.15, 0.2) is 0 Å². The van der Waals surface area contributed by atoms with E-state index >= 15 is 0 Å². The maximum Gasteiger partial charge on any atom is 0.236 e. The Morgan fingerprint density at radius 1 is 1.21 bits per heavy atom. The molecule has 4 heteroatoms. The minimum absolute atomic E-state index is 0.0929. The molecule has 0 aromatic heterocycles. The summed E-state index contributed by atoms with van der Waals surface area (Å²) in [4.78, 5) is 11.9. The first-order chi connectivity index (χ1) is 8.99. The number of hydrogen-bond acceptors (Lipinski definition) is 3. The first-order valence-electron chi connectivity index (χ1n) is 7.55. The third-order valence-corrected chi connectivity index (χ3v) is 5.42. The maximum atomic E-state index is 11.9. The highest BCUT2D eigenvalue weighted by Gasteiger charge is 2.31. The monoisotopic (exact) mass is 286 g/mol. The summed E-state index contributed by atoms with van der Waals surface area (Å²) in [6.07, 6.45) is 8.79. The van der Waals surface area contributed by atoms with Gasteiger partial charge in [-0.05, 0) is 31.9 Å². The molecule has 0 aliphatic heterocycles. The van der Waals surface area contributed by atoms with E-state index in [1.54, 1.807) is 0 Å². The summed E-state index contributed by atoms with van der Waals surface area (Å²) in [7, 11) is 0. The van der Waals surface area contributed by atoms with Crippen LogP contribution in [0.2, 0.25) is 0 Å². The molecule has 0 bridgehead atoms. The second kappa shape index (κ2) is 8.15. The third-order valence-electron chi connectivity index (χ3n) is 4.01. The van der Waals surface area contributed by atoms with E-state index in [2.05, 4.69) is 30.7 Å². The van der Waals surface area contributed by atoms with E-state index < -0.39 is 0 Å². The number of hydrogen-bond donors (Lipinski definition) is 2. The van der Waals surface area contributed by atoms with Gasteiger partial charge in [-0.3, -0.25) is 4.79 Å². The summed E-state index contributed by atoms with van der Waals surface area (Å²) in [5.41, 5.74) is 0. The maximum absolute atomic E-state index is 11.9. The molecule has 0 aromatic rings. The fourth-order valence-electron chi connectivity index (χ4n) is 2.54. The Hall–Kier alpha value is -0.220. The molecule has 1 amide bonds. The quantitative estimate of drug-likeness (QED) is 0.756. The van der Waals surface area contributed by atoms with Crippen molar-refractivity contribution >= 4 is 17.7 Å². The lowest BCUT2D eigenvalue weighted by molar-refractivity contribution is -0.122. The highest BCUT2D eigenvalue weighted by Crippen LogP contribution is 2.37. The normalized spacial score (nSPS) is 20.3. The molecule has 1 rings (SSSR count). The molecule has 112 valence electrons. The van der Waals surface area contributed by atoms with Gasteiger partial charge in [0.25, 0.3) is 0 Å².